The third kappa shape index (κ3) is 2.06. The fraction of sp³-hybridized carbons (Fsp3) is 0.375. The second-order valence-corrected chi connectivity index (χ2v) is 3.55. The fourth-order valence-corrected chi connectivity index (χ4v) is 1.88. The van der Waals surface area contributed by atoms with E-state index in [1.165, 1.54) is 11.3 Å². The number of carbonyl (C=O) groups excluding carboxylic acids is 1. The first-order chi connectivity index (χ1) is 6.04. The number of aryl methyl sites for hydroxylation is 1. The smallest absolute Gasteiger partial charge is 0.249 e. The van der Waals surface area contributed by atoms with Crippen LogP contribution in [0.15, 0.2) is 10.8 Å². The van der Waals surface area contributed by atoms with Crippen LogP contribution < -0.4 is 5.73 Å². The van der Waals surface area contributed by atoms with E-state index >= 15 is 0 Å². The number of hydrogen-bond acceptors (Lipinski definition) is 4. The molecule has 1 rings (SSSR count). The van der Waals surface area contributed by atoms with Gasteiger partial charge in [-0.2, -0.15) is 11.3 Å². The Balaban J connectivity index is 2.85. The summed E-state index contributed by atoms with van der Waals surface area (Å²) < 4.78 is 0. The first-order valence-corrected chi connectivity index (χ1v) is 4.66. The van der Waals surface area contributed by atoms with Gasteiger partial charge in [0, 0.05) is 0 Å². The molecule has 5 heteroatoms. The van der Waals surface area contributed by atoms with Crippen LogP contribution in [0.5, 0.6) is 0 Å². The molecule has 4 nitrogen and oxygen atoms in total. The lowest BCUT2D eigenvalue weighted by Gasteiger charge is -2.14. The number of aliphatic hydroxyl groups excluding tert-OH is 2. The first kappa shape index (κ1) is 10.2. The predicted molar refractivity (Wildman–Crippen MR) is 49.2 cm³/mol. The molecule has 0 radical (unpaired) electrons. The van der Waals surface area contributed by atoms with Crippen molar-refractivity contribution < 1.29 is 15.0 Å². The molecule has 0 fully saturated rings. The summed E-state index contributed by atoms with van der Waals surface area (Å²) in [4.78, 5) is 10.6. The summed E-state index contributed by atoms with van der Waals surface area (Å²) in [6.45, 7) is 1.79. The number of primary amides is 1. The van der Waals surface area contributed by atoms with E-state index in [9.17, 15) is 15.0 Å². The lowest BCUT2D eigenvalue weighted by Crippen LogP contribution is -2.33. The Morgan fingerprint density at radius 3 is 2.54 bits per heavy atom. The summed E-state index contributed by atoms with van der Waals surface area (Å²) >= 11 is 1.40. The molecule has 0 aromatic carbocycles. The van der Waals surface area contributed by atoms with Crippen molar-refractivity contribution in [2.24, 2.45) is 5.73 Å². The minimum absolute atomic E-state index is 0.552. The van der Waals surface area contributed by atoms with Crippen LogP contribution in [0.4, 0.5) is 0 Å². The highest BCUT2D eigenvalue weighted by molar-refractivity contribution is 7.08. The van der Waals surface area contributed by atoms with Gasteiger partial charge in [0.1, 0.15) is 6.10 Å². The minimum atomic E-state index is -1.53. The highest BCUT2D eigenvalue weighted by atomic mass is 32.1. The van der Waals surface area contributed by atoms with Crippen molar-refractivity contribution >= 4 is 17.2 Å². The van der Waals surface area contributed by atoms with Crippen LogP contribution in [0.1, 0.15) is 17.2 Å². The zero-order valence-electron chi connectivity index (χ0n) is 7.10. The Bertz CT molecular complexity index is 310. The lowest BCUT2D eigenvalue weighted by molar-refractivity contribution is -0.131. The van der Waals surface area contributed by atoms with Crippen molar-refractivity contribution in [3.8, 4) is 0 Å². The van der Waals surface area contributed by atoms with Crippen molar-refractivity contribution in [3.63, 3.8) is 0 Å². The molecule has 1 aromatic rings. The van der Waals surface area contributed by atoms with E-state index in [4.69, 9.17) is 5.73 Å². The van der Waals surface area contributed by atoms with Crippen LogP contribution in [0.3, 0.4) is 0 Å². The number of nitrogens with two attached hydrogens (primary N) is 1. The van der Waals surface area contributed by atoms with Crippen LogP contribution in [0.25, 0.3) is 0 Å². The highest BCUT2D eigenvalue weighted by Crippen LogP contribution is 2.23. The summed E-state index contributed by atoms with van der Waals surface area (Å²) in [5.74, 6) is -0.918. The molecule has 0 aliphatic heterocycles. The Morgan fingerprint density at radius 1 is 1.54 bits per heavy atom. The Kier molecular flexibility index (Phi) is 3.02. The summed E-state index contributed by atoms with van der Waals surface area (Å²) in [6.07, 6.45) is -2.75. The van der Waals surface area contributed by atoms with Gasteiger partial charge in [-0.15, -0.1) is 0 Å². The summed E-state index contributed by atoms with van der Waals surface area (Å²) in [5.41, 5.74) is 6.24. The second kappa shape index (κ2) is 3.87. The van der Waals surface area contributed by atoms with E-state index in [0.717, 1.165) is 5.56 Å². The predicted octanol–water partition coefficient (Wildman–Crippen LogP) is -0.0639. The van der Waals surface area contributed by atoms with Crippen LogP contribution in [0.2, 0.25) is 0 Å². The molecular formula is C8H11NO3S. The molecule has 0 bridgehead atoms. The van der Waals surface area contributed by atoms with Crippen molar-refractivity contribution in [2.75, 3.05) is 0 Å². The van der Waals surface area contributed by atoms with E-state index in [1.807, 2.05) is 5.38 Å². The third-order valence-corrected chi connectivity index (χ3v) is 2.68. The lowest BCUT2D eigenvalue weighted by atomic mass is 10.0. The van der Waals surface area contributed by atoms with Crippen molar-refractivity contribution in [1.29, 1.82) is 0 Å². The van der Waals surface area contributed by atoms with Crippen molar-refractivity contribution in [1.82, 2.24) is 0 Å². The van der Waals surface area contributed by atoms with Gasteiger partial charge in [-0.1, -0.05) is 0 Å². The minimum Gasteiger partial charge on any atom is -0.385 e. The zero-order valence-corrected chi connectivity index (χ0v) is 7.91. The summed E-state index contributed by atoms with van der Waals surface area (Å²) in [7, 11) is 0. The second-order valence-electron chi connectivity index (χ2n) is 2.80. The molecule has 0 aliphatic rings. The first-order valence-electron chi connectivity index (χ1n) is 3.72. The monoisotopic (exact) mass is 201 g/mol. The van der Waals surface area contributed by atoms with Gasteiger partial charge < -0.3 is 15.9 Å². The molecule has 2 atom stereocenters. The highest BCUT2D eigenvalue weighted by Gasteiger charge is 2.24. The molecule has 0 saturated carbocycles. The van der Waals surface area contributed by atoms with Crippen molar-refractivity contribution in [2.45, 2.75) is 19.1 Å². The van der Waals surface area contributed by atoms with Gasteiger partial charge in [0.25, 0.3) is 0 Å². The molecule has 1 heterocycles. The van der Waals surface area contributed by atoms with Gasteiger partial charge >= 0.3 is 0 Å². The maximum absolute atomic E-state index is 10.6. The SMILES string of the molecule is Cc1cscc1C(O)C(O)C(N)=O. The molecule has 0 saturated heterocycles. The number of rotatable bonds is 3. The van der Waals surface area contributed by atoms with Crippen LogP contribution in [0, 0.1) is 6.92 Å². The van der Waals surface area contributed by atoms with Gasteiger partial charge in [-0.25, -0.2) is 0 Å². The van der Waals surface area contributed by atoms with Crippen LogP contribution >= 0.6 is 11.3 Å². The van der Waals surface area contributed by atoms with Gasteiger partial charge in [0.2, 0.25) is 5.91 Å². The number of hydrogen-bond donors (Lipinski definition) is 3. The zero-order chi connectivity index (χ0) is 10.0. The third-order valence-electron chi connectivity index (χ3n) is 1.80. The number of amides is 1. The van der Waals surface area contributed by atoms with E-state index < -0.39 is 18.1 Å². The average Bonchev–Trinajstić information content (AvgIpc) is 2.48. The molecule has 72 valence electrons. The molecular weight excluding hydrogens is 190 g/mol. The molecule has 4 N–H and O–H groups in total. The number of carbonyl (C=O) groups is 1. The molecule has 0 spiro atoms. The van der Waals surface area contributed by atoms with Gasteiger partial charge in [-0.3, -0.25) is 4.79 Å². The van der Waals surface area contributed by atoms with E-state index in [1.54, 1.807) is 12.3 Å². The molecule has 1 aromatic heterocycles. The molecule has 1 amide bonds. The number of thiophene rings is 1. The van der Waals surface area contributed by atoms with E-state index in [2.05, 4.69) is 0 Å². The fourth-order valence-electron chi connectivity index (χ4n) is 0.999. The van der Waals surface area contributed by atoms with Gasteiger partial charge in [0.05, 0.1) is 0 Å². The maximum atomic E-state index is 10.6. The Labute approximate surface area is 79.6 Å². The van der Waals surface area contributed by atoms with Crippen LogP contribution in [-0.4, -0.2) is 22.2 Å². The standard InChI is InChI=1S/C8H11NO3S/c1-4-2-13-3-5(4)6(10)7(11)8(9)12/h2-3,6-7,10-11H,1H3,(H2,9,12). The topological polar surface area (TPSA) is 83.6 Å². The molecule has 2 unspecified atom stereocenters. The molecule has 0 aliphatic carbocycles. The van der Waals surface area contributed by atoms with Crippen LogP contribution in [-0.2, 0) is 4.79 Å². The Morgan fingerprint density at radius 2 is 2.15 bits per heavy atom. The summed E-state index contributed by atoms with van der Waals surface area (Å²) in [5, 5.41) is 22.2. The molecule has 13 heavy (non-hydrogen) atoms. The largest absolute Gasteiger partial charge is 0.385 e. The van der Waals surface area contributed by atoms with Gasteiger partial charge in [0.15, 0.2) is 6.10 Å². The normalized spacial score (nSPS) is 15.3. The quantitative estimate of drug-likeness (QED) is 0.640. The Hall–Kier alpha value is -0.910. The van der Waals surface area contributed by atoms with E-state index in [0.29, 0.717) is 5.56 Å². The van der Waals surface area contributed by atoms with Gasteiger partial charge in [-0.05, 0) is 28.8 Å². The number of aliphatic hydroxyl groups is 2. The average molecular weight is 201 g/mol. The maximum Gasteiger partial charge on any atom is 0.249 e. The van der Waals surface area contributed by atoms with E-state index in [-0.39, 0.29) is 0 Å². The van der Waals surface area contributed by atoms with Crippen molar-refractivity contribution in [3.05, 3.63) is 21.9 Å². The summed E-state index contributed by atoms with van der Waals surface area (Å²) in [6, 6.07) is 0.